The van der Waals surface area contributed by atoms with Crippen LogP contribution in [-0.4, -0.2) is 34.9 Å². The molecule has 0 radical (unpaired) electrons. The molecule has 22 heavy (non-hydrogen) atoms. The molecule has 0 aromatic heterocycles. The van der Waals surface area contributed by atoms with Gasteiger partial charge in [0, 0.05) is 6.42 Å². The first kappa shape index (κ1) is 20.6. The van der Waals surface area contributed by atoms with E-state index in [-0.39, 0.29) is 18.9 Å². The number of allylic oxidation sites excluding steroid dienone is 4. The van der Waals surface area contributed by atoms with Crippen molar-refractivity contribution in [3.63, 3.8) is 0 Å². The highest BCUT2D eigenvalue weighted by atomic mass is 16.3. The number of rotatable bonds is 12. The van der Waals surface area contributed by atoms with Gasteiger partial charge < -0.3 is 15.5 Å². The van der Waals surface area contributed by atoms with E-state index < -0.39 is 12.1 Å². The number of nitrogens with one attached hydrogen (secondary N) is 1. The number of hydrogen-bond donors (Lipinski definition) is 3. The Bertz CT molecular complexity index is 361. The lowest BCUT2D eigenvalue weighted by Gasteiger charge is -2.19. The zero-order chi connectivity index (χ0) is 16.6. The van der Waals surface area contributed by atoms with Gasteiger partial charge in [-0.2, -0.15) is 0 Å². The largest absolute Gasteiger partial charge is 0.394 e. The van der Waals surface area contributed by atoms with E-state index in [1.165, 1.54) is 0 Å². The van der Waals surface area contributed by atoms with Crippen molar-refractivity contribution in [2.24, 2.45) is 0 Å². The molecule has 0 rings (SSSR count). The van der Waals surface area contributed by atoms with Crippen molar-refractivity contribution in [2.45, 2.75) is 64.5 Å². The molecule has 0 aliphatic rings. The van der Waals surface area contributed by atoms with E-state index in [0.717, 1.165) is 32.1 Å². The minimum atomic E-state index is -0.872. The maximum Gasteiger partial charge on any atom is 0.224 e. The van der Waals surface area contributed by atoms with Crippen LogP contribution in [0.4, 0.5) is 0 Å². The molecule has 1 amide bonds. The van der Waals surface area contributed by atoms with Crippen LogP contribution in [0, 0.1) is 0 Å². The number of carbonyl (C=O) groups excluding carboxylic acids is 1. The average Bonchev–Trinajstić information content (AvgIpc) is 2.52. The Morgan fingerprint density at radius 3 is 2.36 bits per heavy atom. The van der Waals surface area contributed by atoms with Gasteiger partial charge in [0.25, 0.3) is 0 Å². The normalized spacial score (nSPS) is 14.9. The highest BCUT2D eigenvalue weighted by molar-refractivity contribution is 5.77. The maximum atomic E-state index is 11.7. The van der Waals surface area contributed by atoms with Crippen molar-refractivity contribution in [3.05, 3.63) is 36.5 Å². The minimum absolute atomic E-state index is 0.190. The van der Waals surface area contributed by atoms with Gasteiger partial charge >= 0.3 is 0 Å². The number of aliphatic hydroxyl groups excluding tert-OH is 2. The van der Waals surface area contributed by atoms with Crippen molar-refractivity contribution >= 4 is 5.91 Å². The molecule has 0 saturated carbocycles. The van der Waals surface area contributed by atoms with E-state index in [9.17, 15) is 15.0 Å². The average molecular weight is 309 g/mol. The fourth-order valence-electron chi connectivity index (χ4n) is 1.83. The lowest BCUT2D eigenvalue weighted by atomic mass is 10.1. The van der Waals surface area contributed by atoms with Crippen LogP contribution in [0.1, 0.15) is 52.4 Å². The number of unbranched alkanes of at least 4 members (excludes halogenated alkanes) is 2. The topological polar surface area (TPSA) is 69.6 Å². The fourth-order valence-corrected chi connectivity index (χ4v) is 1.83. The van der Waals surface area contributed by atoms with Crippen LogP contribution in [0.25, 0.3) is 0 Å². The quantitative estimate of drug-likeness (QED) is 0.383. The van der Waals surface area contributed by atoms with E-state index in [1.807, 2.05) is 18.2 Å². The first-order chi connectivity index (χ1) is 10.7. The molecule has 0 unspecified atom stereocenters. The molecular formula is C18H31NO3. The molecule has 0 fully saturated rings. The Hall–Kier alpha value is -1.39. The molecule has 0 aliphatic heterocycles. The van der Waals surface area contributed by atoms with Crippen molar-refractivity contribution in [2.75, 3.05) is 6.61 Å². The third-order valence-electron chi connectivity index (χ3n) is 3.12. The SMILES string of the molecule is CC/C=C/CC/C=C/[C@@H](O)[C@H](CO)NC(=O)C/C=C\CCC. The van der Waals surface area contributed by atoms with Gasteiger partial charge in [-0.3, -0.25) is 4.79 Å². The Morgan fingerprint density at radius 1 is 1.05 bits per heavy atom. The Kier molecular flexibility index (Phi) is 13.6. The molecule has 0 spiro atoms. The van der Waals surface area contributed by atoms with Gasteiger partial charge in [0.15, 0.2) is 0 Å². The van der Waals surface area contributed by atoms with E-state index in [4.69, 9.17) is 0 Å². The first-order valence-electron chi connectivity index (χ1n) is 8.20. The van der Waals surface area contributed by atoms with Crippen molar-refractivity contribution in [1.82, 2.24) is 5.32 Å². The van der Waals surface area contributed by atoms with Crippen LogP contribution in [0.2, 0.25) is 0 Å². The molecule has 4 heteroatoms. The summed E-state index contributed by atoms with van der Waals surface area (Å²) >= 11 is 0. The van der Waals surface area contributed by atoms with E-state index in [1.54, 1.807) is 6.08 Å². The number of carbonyl (C=O) groups is 1. The monoisotopic (exact) mass is 309 g/mol. The predicted octanol–water partition coefficient (Wildman–Crippen LogP) is 2.87. The first-order valence-corrected chi connectivity index (χ1v) is 8.20. The molecule has 0 saturated heterocycles. The molecule has 126 valence electrons. The van der Waals surface area contributed by atoms with Gasteiger partial charge in [-0.25, -0.2) is 0 Å². The highest BCUT2D eigenvalue weighted by Gasteiger charge is 2.17. The van der Waals surface area contributed by atoms with Crippen LogP contribution < -0.4 is 5.32 Å². The number of hydrogen-bond acceptors (Lipinski definition) is 3. The summed E-state index contributed by atoms with van der Waals surface area (Å²) in [5.41, 5.74) is 0. The lowest BCUT2D eigenvalue weighted by molar-refractivity contribution is -0.122. The molecule has 0 aromatic carbocycles. The third-order valence-corrected chi connectivity index (χ3v) is 3.12. The van der Waals surface area contributed by atoms with Gasteiger partial charge in [0.1, 0.15) is 0 Å². The molecule has 2 atom stereocenters. The fraction of sp³-hybridized carbons (Fsp3) is 0.611. The molecular weight excluding hydrogens is 278 g/mol. The van der Waals surface area contributed by atoms with E-state index in [2.05, 4.69) is 31.3 Å². The molecule has 0 heterocycles. The summed E-state index contributed by atoms with van der Waals surface area (Å²) in [6, 6.07) is -0.658. The van der Waals surface area contributed by atoms with Crippen LogP contribution >= 0.6 is 0 Å². The second-order valence-corrected chi connectivity index (χ2v) is 5.20. The number of amides is 1. The van der Waals surface area contributed by atoms with Crippen LogP contribution in [0.5, 0.6) is 0 Å². The second kappa shape index (κ2) is 14.5. The smallest absolute Gasteiger partial charge is 0.224 e. The van der Waals surface area contributed by atoms with Gasteiger partial charge in [0.2, 0.25) is 5.91 Å². The summed E-state index contributed by atoms with van der Waals surface area (Å²) in [5.74, 6) is -0.190. The van der Waals surface area contributed by atoms with Crippen molar-refractivity contribution in [1.29, 1.82) is 0 Å². The lowest BCUT2D eigenvalue weighted by Crippen LogP contribution is -2.44. The Labute approximate surface area is 134 Å². The second-order valence-electron chi connectivity index (χ2n) is 5.20. The van der Waals surface area contributed by atoms with Crippen LogP contribution in [0.3, 0.4) is 0 Å². The van der Waals surface area contributed by atoms with E-state index in [0.29, 0.717) is 0 Å². The summed E-state index contributed by atoms with van der Waals surface area (Å²) in [4.78, 5) is 11.7. The van der Waals surface area contributed by atoms with Gasteiger partial charge in [-0.1, -0.05) is 56.7 Å². The Balaban J connectivity index is 4.12. The Morgan fingerprint density at radius 2 is 1.73 bits per heavy atom. The van der Waals surface area contributed by atoms with Crippen LogP contribution in [-0.2, 0) is 4.79 Å². The van der Waals surface area contributed by atoms with Gasteiger partial charge in [0.05, 0.1) is 18.8 Å². The molecule has 0 aliphatic carbocycles. The maximum absolute atomic E-state index is 11.7. The zero-order valence-corrected chi connectivity index (χ0v) is 13.9. The molecule has 0 aromatic rings. The van der Waals surface area contributed by atoms with Gasteiger partial charge in [-0.15, -0.1) is 0 Å². The highest BCUT2D eigenvalue weighted by Crippen LogP contribution is 2.01. The summed E-state index contributed by atoms with van der Waals surface area (Å²) in [7, 11) is 0. The molecule has 3 N–H and O–H groups in total. The molecule has 0 bridgehead atoms. The zero-order valence-electron chi connectivity index (χ0n) is 13.9. The van der Waals surface area contributed by atoms with Crippen molar-refractivity contribution in [3.8, 4) is 0 Å². The minimum Gasteiger partial charge on any atom is -0.394 e. The standard InChI is InChI=1S/C18H31NO3/c1-3-5-7-9-10-11-13-17(21)16(15-20)19-18(22)14-12-8-6-4-2/h5,7-8,11-13,16-17,20-21H,3-4,6,9-10,14-15H2,1-2H3,(H,19,22)/b7-5+,12-8-,13-11+/t16-,17+/m0/s1. The van der Waals surface area contributed by atoms with Gasteiger partial charge in [-0.05, 0) is 25.7 Å². The summed E-state index contributed by atoms with van der Waals surface area (Å²) < 4.78 is 0. The van der Waals surface area contributed by atoms with E-state index >= 15 is 0 Å². The number of aliphatic hydroxyl groups is 2. The molecule has 4 nitrogen and oxygen atoms in total. The summed E-state index contributed by atoms with van der Waals surface area (Å²) in [6.07, 6.45) is 15.7. The summed E-state index contributed by atoms with van der Waals surface area (Å²) in [6.45, 7) is 3.88. The summed E-state index contributed by atoms with van der Waals surface area (Å²) in [5, 5.41) is 21.9. The third kappa shape index (κ3) is 11.3. The predicted molar refractivity (Wildman–Crippen MR) is 91.5 cm³/mol. The van der Waals surface area contributed by atoms with Crippen LogP contribution in [0.15, 0.2) is 36.5 Å². The van der Waals surface area contributed by atoms with Crippen molar-refractivity contribution < 1.29 is 15.0 Å².